The van der Waals surface area contributed by atoms with Gasteiger partial charge in [-0.05, 0) is 0 Å². The van der Waals surface area contributed by atoms with E-state index < -0.39 is 0 Å². The molecular weight excluding hydrogens is 267 g/mol. The van der Waals surface area contributed by atoms with E-state index in [9.17, 15) is 0 Å². The molecule has 0 radical (unpaired) electrons. The van der Waals surface area contributed by atoms with Crippen LogP contribution in [0.4, 0.5) is 0 Å². The van der Waals surface area contributed by atoms with Gasteiger partial charge in [-0.15, -0.1) is 17.2 Å². The summed E-state index contributed by atoms with van der Waals surface area (Å²) in [6.45, 7) is 1.92. The molecule has 0 aliphatic carbocycles. The SMILES string of the molecule is Cc1ccn[c-]c1Cl.[Zn+][Br]. The van der Waals surface area contributed by atoms with Crippen LogP contribution in [0.2, 0.25) is 5.02 Å². The first-order valence-electron chi connectivity index (χ1n) is 2.56. The van der Waals surface area contributed by atoms with E-state index in [1.165, 1.54) is 16.3 Å². The van der Waals surface area contributed by atoms with Gasteiger partial charge in [-0.2, -0.15) is 6.07 Å². The van der Waals surface area contributed by atoms with Crippen LogP contribution >= 0.6 is 25.2 Å². The Morgan fingerprint density at radius 3 is 2.60 bits per heavy atom. The standard InChI is InChI=1S/C6H5ClN.BrH.Zn/c1-5-2-3-8-4-6(5)7;;/h2-3H,1H3;1H;/q-1;;+2/p-1. The van der Waals surface area contributed by atoms with Crippen LogP contribution in [0.1, 0.15) is 5.56 Å². The van der Waals surface area contributed by atoms with Gasteiger partial charge in [-0.25, -0.2) is 0 Å². The van der Waals surface area contributed by atoms with Gasteiger partial charge < -0.3 is 4.98 Å². The maximum absolute atomic E-state index is 5.59. The van der Waals surface area contributed by atoms with Crippen LogP contribution in [0, 0.1) is 13.1 Å². The van der Waals surface area contributed by atoms with Crippen molar-refractivity contribution in [3.63, 3.8) is 0 Å². The Bertz CT molecular complexity index is 174. The molecule has 0 atom stereocenters. The minimum atomic E-state index is 0.604. The number of pyridine rings is 1. The molecule has 1 rings (SSSR count). The van der Waals surface area contributed by atoms with Gasteiger partial charge in [0.15, 0.2) is 0 Å². The molecule has 4 heteroatoms. The first-order valence-corrected chi connectivity index (χ1v) is 9.89. The molecule has 0 bridgehead atoms. The average molecular weight is 272 g/mol. The van der Waals surface area contributed by atoms with Crippen LogP contribution in [0.3, 0.4) is 0 Å². The van der Waals surface area contributed by atoms with E-state index in [0.717, 1.165) is 5.56 Å². The molecule has 1 aromatic heterocycles. The molecule has 0 aliphatic heterocycles. The molecule has 0 fully saturated rings. The van der Waals surface area contributed by atoms with Gasteiger partial charge in [0.1, 0.15) is 0 Å². The molecule has 0 N–H and O–H groups in total. The molecule has 0 saturated carbocycles. The summed E-state index contributed by atoms with van der Waals surface area (Å²) in [6, 6.07) is 1.85. The zero-order valence-corrected chi connectivity index (χ0v) is 10.9. The molecule has 1 aromatic rings. The van der Waals surface area contributed by atoms with Crippen molar-refractivity contribution in [2.45, 2.75) is 6.92 Å². The number of halogens is 2. The number of hydrogen-bond donors (Lipinski definition) is 0. The Labute approximate surface area is 82.2 Å². The van der Waals surface area contributed by atoms with Crippen LogP contribution in [-0.4, -0.2) is 4.98 Å². The maximum atomic E-state index is 5.59. The predicted octanol–water partition coefficient (Wildman–Crippen LogP) is 2.69. The monoisotopic (exact) mass is 269 g/mol. The zero-order chi connectivity index (χ0) is 7.98. The predicted molar refractivity (Wildman–Crippen MR) is 41.7 cm³/mol. The van der Waals surface area contributed by atoms with E-state index >= 15 is 0 Å². The minimum absolute atomic E-state index is 0.604. The van der Waals surface area contributed by atoms with Gasteiger partial charge in [-0.1, -0.05) is 24.3 Å². The van der Waals surface area contributed by atoms with Crippen molar-refractivity contribution in [3.05, 3.63) is 29.0 Å². The normalized spacial score (nSPS) is 8.10. The van der Waals surface area contributed by atoms with Crippen molar-refractivity contribution in [2.24, 2.45) is 0 Å². The third-order valence-corrected chi connectivity index (χ3v) is 1.29. The Kier molecular flexibility index (Phi) is 6.61. The molecule has 0 spiro atoms. The fraction of sp³-hybridized carbons (Fsp3) is 0.167. The van der Waals surface area contributed by atoms with E-state index in [2.05, 4.69) is 24.8 Å². The third kappa shape index (κ3) is 3.65. The van der Waals surface area contributed by atoms with Crippen LogP contribution in [0.5, 0.6) is 0 Å². The Balaban J connectivity index is 0.000000371. The average Bonchev–Trinajstić information content (AvgIpc) is 2.00. The molecule has 50 valence electrons. The van der Waals surface area contributed by atoms with E-state index in [4.69, 9.17) is 11.6 Å². The van der Waals surface area contributed by atoms with Crippen LogP contribution in [0.15, 0.2) is 12.3 Å². The molecule has 0 aromatic carbocycles. The van der Waals surface area contributed by atoms with Crippen molar-refractivity contribution < 1.29 is 16.3 Å². The van der Waals surface area contributed by atoms with Gasteiger partial charge in [0.25, 0.3) is 0 Å². The van der Waals surface area contributed by atoms with Crippen LogP contribution in [-0.2, 0) is 16.3 Å². The molecular formula is C6H5BrClNZn. The molecule has 0 unspecified atom stereocenters. The Morgan fingerprint density at radius 2 is 2.30 bits per heavy atom. The molecule has 0 amide bonds. The van der Waals surface area contributed by atoms with E-state index in [0.29, 0.717) is 5.02 Å². The fourth-order valence-corrected chi connectivity index (χ4v) is 0.516. The first kappa shape index (κ1) is 10.5. The summed E-state index contributed by atoms with van der Waals surface area (Å²) >= 11 is 9.84. The van der Waals surface area contributed by atoms with E-state index in [-0.39, 0.29) is 0 Å². The Morgan fingerprint density at radius 1 is 1.70 bits per heavy atom. The van der Waals surface area contributed by atoms with Crippen molar-refractivity contribution >= 4 is 25.2 Å². The van der Waals surface area contributed by atoms with Crippen LogP contribution < -0.4 is 0 Å². The van der Waals surface area contributed by atoms with Gasteiger partial charge in [0.05, 0.1) is 0 Å². The fourth-order valence-electron chi connectivity index (χ4n) is 0.404. The number of rotatable bonds is 0. The molecule has 1 heterocycles. The second-order valence-corrected chi connectivity index (χ2v) is 1.93. The molecule has 10 heavy (non-hydrogen) atoms. The number of aromatic nitrogens is 1. The molecule has 1 nitrogen and oxygen atoms in total. The van der Waals surface area contributed by atoms with E-state index in [1.807, 2.05) is 13.0 Å². The van der Waals surface area contributed by atoms with Gasteiger partial charge in [0, 0.05) is 0 Å². The summed E-state index contributed by atoms with van der Waals surface area (Å²) in [5.74, 6) is 0. The molecule has 0 aliphatic rings. The van der Waals surface area contributed by atoms with Crippen molar-refractivity contribution in [1.29, 1.82) is 0 Å². The third-order valence-electron chi connectivity index (χ3n) is 0.908. The first-order chi connectivity index (χ1) is 4.80. The summed E-state index contributed by atoms with van der Waals surface area (Å²) in [5.41, 5.74) is 1.02. The summed E-state index contributed by atoms with van der Waals surface area (Å²) < 4.78 is 0. The van der Waals surface area contributed by atoms with Gasteiger partial charge >= 0.3 is 30.0 Å². The zero-order valence-electron chi connectivity index (χ0n) is 5.56. The van der Waals surface area contributed by atoms with Gasteiger partial charge in [0.2, 0.25) is 0 Å². The number of aryl methyl sites for hydroxylation is 1. The quantitative estimate of drug-likeness (QED) is 0.522. The van der Waals surface area contributed by atoms with Crippen molar-refractivity contribution in [3.8, 4) is 0 Å². The van der Waals surface area contributed by atoms with Crippen molar-refractivity contribution in [2.75, 3.05) is 0 Å². The van der Waals surface area contributed by atoms with Crippen LogP contribution in [0.25, 0.3) is 0 Å². The second kappa shape index (κ2) is 6.27. The summed E-state index contributed by atoms with van der Waals surface area (Å²) in [4.78, 5) is 3.69. The van der Waals surface area contributed by atoms with E-state index in [1.54, 1.807) is 6.20 Å². The molecule has 0 saturated heterocycles. The summed E-state index contributed by atoms with van der Waals surface area (Å²) in [7, 11) is 0. The number of nitrogens with zero attached hydrogens (tertiary/aromatic N) is 1. The van der Waals surface area contributed by atoms with Crippen molar-refractivity contribution in [1.82, 2.24) is 4.98 Å². The number of hydrogen-bond acceptors (Lipinski definition) is 1. The topological polar surface area (TPSA) is 12.9 Å². The Hall–Kier alpha value is 0.543. The summed E-state index contributed by atoms with van der Waals surface area (Å²) in [6.07, 6.45) is 4.28. The second-order valence-electron chi connectivity index (χ2n) is 1.55. The summed E-state index contributed by atoms with van der Waals surface area (Å²) in [5, 5.41) is 0.604. The van der Waals surface area contributed by atoms with Gasteiger partial charge in [-0.3, -0.25) is 0 Å².